The standard InChI is InChI=1S/C22H28ClN5O4S/c23-18-8-7-9-19(16-18)28-22(29)21-20(17-24-28)26-11-13-27(14-12-26)33(30,31)25-10-5-3-1-2-4-6-15-32-21/h1,3,7-9,16-17,25H,2,4-6,10-15H2. The van der Waals surface area contributed by atoms with Crippen LogP contribution in [0.5, 0.6) is 5.75 Å². The van der Waals surface area contributed by atoms with Crippen LogP contribution in [0, 0.1) is 0 Å². The lowest BCUT2D eigenvalue weighted by Crippen LogP contribution is -2.52. The molecule has 2 aromatic rings. The van der Waals surface area contributed by atoms with Gasteiger partial charge in [-0.3, -0.25) is 4.79 Å². The zero-order valence-corrected chi connectivity index (χ0v) is 19.9. The minimum Gasteiger partial charge on any atom is -0.486 e. The zero-order valence-electron chi connectivity index (χ0n) is 18.3. The van der Waals surface area contributed by atoms with E-state index in [2.05, 4.69) is 9.82 Å². The Labute approximate surface area is 198 Å². The molecule has 2 bridgehead atoms. The first-order valence-corrected chi connectivity index (χ1v) is 12.9. The summed E-state index contributed by atoms with van der Waals surface area (Å²) in [5.41, 5.74) is 0.756. The second kappa shape index (κ2) is 10.7. The summed E-state index contributed by atoms with van der Waals surface area (Å²) in [4.78, 5) is 15.3. The van der Waals surface area contributed by atoms with Crippen molar-refractivity contribution >= 4 is 27.5 Å². The molecule has 11 heteroatoms. The van der Waals surface area contributed by atoms with Crippen LogP contribution in [0.15, 0.2) is 47.4 Å². The maximum atomic E-state index is 13.4. The van der Waals surface area contributed by atoms with Gasteiger partial charge in [0.1, 0.15) is 5.69 Å². The Kier molecular flexibility index (Phi) is 7.69. The molecule has 178 valence electrons. The third kappa shape index (κ3) is 5.75. The van der Waals surface area contributed by atoms with Gasteiger partial charge < -0.3 is 9.64 Å². The van der Waals surface area contributed by atoms with Gasteiger partial charge in [-0.25, -0.2) is 4.72 Å². The zero-order chi connectivity index (χ0) is 23.3. The summed E-state index contributed by atoms with van der Waals surface area (Å²) in [5.74, 6) is 0.222. The molecule has 33 heavy (non-hydrogen) atoms. The SMILES string of the molecule is O=c1c2c(cnn1-c1cccc(Cl)c1)N1CCN(CC1)S(=O)(=O)NCCC=CCCCCO2. The van der Waals surface area contributed by atoms with Crippen molar-refractivity contribution in [3.63, 3.8) is 0 Å². The third-order valence-corrected chi connectivity index (χ3v) is 7.51. The first kappa shape index (κ1) is 23.7. The molecular weight excluding hydrogens is 466 g/mol. The average molecular weight is 494 g/mol. The largest absolute Gasteiger partial charge is 0.486 e. The lowest BCUT2D eigenvalue weighted by Gasteiger charge is -2.35. The van der Waals surface area contributed by atoms with E-state index in [4.69, 9.17) is 16.3 Å². The second-order valence-electron chi connectivity index (χ2n) is 7.95. The highest BCUT2D eigenvalue weighted by atomic mass is 35.5. The molecule has 3 aliphatic heterocycles. The van der Waals surface area contributed by atoms with Crippen molar-refractivity contribution in [2.45, 2.75) is 25.7 Å². The predicted octanol–water partition coefficient (Wildman–Crippen LogP) is 2.35. The summed E-state index contributed by atoms with van der Waals surface area (Å²) >= 11 is 6.10. The number of hydrogen-bond donors (Lipinski definition) is 1. The van der Waals surface area contributed by atoms with Crippen LogP contribution in [0.4, 0.5) is 5.69 Å². The van der Waals surface area contributed by atoms with Crippen LogP contribution in [0.3, 0.4) is 0 Å². The summed E-state index contributed by atoms with van der Waals surface area (Å²) in [6.07, 6.45) is 8.86. The van der Waals surface area contributed by atoms with Crippen molar-refractivity contribution in [2.75, 3.05) is 44.2 Å². The maximum absolute atomic E-state index is 13.4. The molecule has 0 atom stereocenters. The van der Waals surface area contributed by atoms with Crippen LogP contribution >= 0.6 is 11.6 Å². The number of halogens is 1. The molecule has 0 aliphatic carbocycles. The van der Waals surface area contributed by atoms with E-state index in [0.29, 0.717) is 62.1 Å². The molecule has 5 rings (SSSR count). The topological polar surface area (TPSA) is 96.8 Å². The molecule has 1 N–H and O–H groups in total. The monoisotopic (exact) mass is 493 g/mol. The molecule has 3 aliphatic rings. The van der Waals surface area contributed by atoms with E-state index in [0.717, 1.165) is 19.3 Å². The first-order valence-electron chi connectivity index (χ1n) is 11.1. The molecule has 1 saturated heterocycles. The van der Waals surface area contributed by atoms with Crippen LogP contribution in [0.2, 0.25) is 5.02 Å². The molecule has 4 heterocycles. The van der Waals surface area contributed by atoms with Gasteiger partial charge >= 0.3 is 5.56 Å². The smallest absolute Gasteiger partial charge is 0.316 e. The minimum absolute atomic E-state index is 0.222. The number of ether oxygens (including phenoxy) is 1. The van der Waals surface area contributed by atoms with Gasteiger partial charge in [-0.2, -0.15) is 22.5 Å². The number of fused-ring (bicyclic) bond motifs is 11. The van der Waals surface area contributed by atoms with Crippen LogP contribution in [-0.2, 0) is 10.2 Å². The highest BCUT2D eigenvalue weighted by Crippen LogP contribution is 2.26. The summed E-state index contributed by atoms with van der Waals surface area (Å²) in [6, 6.07) is 6.92. The Bertz CT molecular complexity index is 1160. The Balaban J connectivity index is 1.66. The van der Waals surface area contributed by atoms with Gasteiger partial charge in [0.05, 0.1) is 18.5 Å². The van der Waals surface area contributed by atoms with Crippen molar-refractivity contribution in [2.24, 2.45) is 0 Å². The molecule has 1 fully saturated rings. The van der Waals surface area contributed by atoms with Crippen LogP contribution in [-0.4, -0.2) is 61.8 Å². The number of allylic oxidation sites excluding steroid dienone is 1. The fraction of sp³-hybridized carbons (Fsp3) is 0.455. The van der Waals surface area contributed by atoms with Crippen molar-refractivity contribution in [3.05, 3.63) is 58.0 Å². The van der Waals surface area contributed by atoms with E-state index in [9.17, 15) is 13.2 Å². The van der Waals surface area contributed by atoms with Crippen molar-refractivity contribution < 1.29 is 13.2 Å². The molecule has 0 saturated carbocycles. The Morgan fingerprint density at radius 1 is 1.06 bits per heavy atom. The summed E-state index contributed by atoms with van der Waals surface area (Å²) < 4.78 is 36.6. The van der Waals surface area contributed by atoms with Crippen molar-refractivity contribution in [1.82, 2.24) is 18.8 Å². The highest BCUT2D eigenvalue weighted by molar-refractivity contribution is 7.87. The van der Waals surface area contributed by atoms with E-state index in [-0.39, 0.29) is 11.3 Å². The molecule has 0 radical (unpaired) electrons. The van der Waals surface area contributed by atoms with Gasteiger partial charge in [-0.05, 0) is 43.9 Å². The number of rotatable bonds is 1. The first-order chi connectivity index (χ1) is 16.0. The Hall–Kier alpha value is -2.40. The number of piperazine rings is 1. The number of hydrogen-bond acceptors (Lipinski definition) is 6. The van der Waals surface area contributed by atoms with Gasteiger partial charge in [-0.1, -0.05) is 29.8 Å². The quantitative estimate of drug-likeness (QED) is 0.612. The van der Waals surface area contributed by atoms with E-state index >= 15 is 0 Å². The van der Waals surface area contributed by atoms with Crippen LogP contribution in [0.1, 0.15) is 25.7 Å². The molecule has 1 aromatic carbocycles. The Morgan fingerprint density at radius 3 is 2.64 bits per heavy atom. The summed E-state index contributed by atoms with van der Waals surface area (Å²) in [7, 11) is -3.54. The fourth-order valence-corrected chi connectivity index (χ4v) is 5.27. The lowest BCUT2D eigenvalue weighted by atomic mass is 10.2. The summed E-state index contributed by atoms with van der Waals surface area (Å²) in [5, 5.41) is 4.86. The summed E-state index contributed by atoms with van der Waals surface area (Å²) in [6.45, 7) is 2.26. The van der Waals surface area contributed by atoms with Gasteiger partial charge in [0.25, 0.3) is 10.2 Å². The minimum atomic E-state index is -3.54. The van der Waals surface area contributed by atoms with Crippen molar-refractivity contribution in [3.8, 4) is 11.4 Å². The van der Waals surface area contributed by atoms with E-state index in [1.807, 2.05) is 17.1 Å². The number of nitrogens with one attached hydrogen (secondary N) is 1. The number of benzene rings is 1. The maximum Gasteiger partial charge on any atom is 0.316 e. The van der Waals surface area contributed by atoms with Gasteiger partial charge in [0.15, 0.2) is 0 Å². The van der Waals surface area contributed by atoms with Crippen molar-refractivity contribution in [1.29, 1.82) is 0 Å². The van der Waals surface area contributed by atoms with E-state index in [1.54, 1.807) is 30.5 Å². The third-order valence-electron chi connectivity index (χ3n) is 5.66. The lowest BCUT2D eigenvalue weighted by molar-refractivity contribution is 0.299. The number of aromatic nitrogens is 2. The molecule has 0 spiro atoms. The normalized spacial score (nSPS) is 20.1. The van der Waals surface area contributed by atoms with Gasteiger partial charge in [0, 0.05) is 37.7 Å². The number of nitrogens with zero attached hydrogens (tertiary/aromatic N) is 4. The van der Waals surface area contributed by atoms with E-state index in [1.165, 1.54) is 8.99 Å². The molecule has 0 unspecified atom stereocenters. The molecule has 9 nitrogen and oxygen atoms in total. The number of anilines is 1. The second-order valence-corrected chi connectivity index (χ2v) is 10.1. The molecular formula is C22H28ClN5O4S. The molecule has 1 aromatic heterocycles. The average Bonchev–Trinajstić information content (AvgIpc) is 2.81. The fourth-order valence-electron chi connectivity index (χ4n) is 3.89. The Morgan fingerprint density at radius 2 is 1.85 bits per heavy atom. The highest BCUT2D eigenvalue weighted by Gasteiger charge is 2.29. The predicted molar refractivity (Wildman–Crippen MR) is 129 cm³/mol. The van der Waals surface area contributed by atoms with Crippen LogP contribution < -0.4 is 19.9 Å². The van der Waals surface area contributed by atoms with Crippen LogP contribution in [0.25, 0.3) is 5.69 Å². The van der Waals surface area contributed by atoms with Gasteiger partial charge in [0.2, 0.25) is 5.75 Å². The molecule has 0 amide bonds. The van der Waals surface area contributed by atoms with E-state index < -0.39 is 10.2 Å². The van der Waals surface area contributed by atoms with Gasteiger partial charge in [-0.15, -0.1) is 0 Å².